The first-order valence-corrected chi connectivity index (χ1v) is 11.6. The zero-order valence-electron chi connectivity index (χ0n) is 20.0. The van der Waals surface area contributed by atoms with E-state index in [-0.39, 0.29) is 23.5 Å². The average molecular weight is 534 g/mol. The molecule has 0 aliphatic carbocycles. The van der Waals surface area contributed by atoms with Crippen molar-refractivity contribution < 1.29 is 59.2 Å². The van der Waals surface area contributed by atoms with Crippen LogP contribution in [0, 0.1) is 0 Å². The molecule has 2 aromatic carbocycles. The highest BCUT2D eigenvalue weighted by Gasteiger charge is 2.49. The average Bonchev–Trinajstić information content (AvgIpc) is 2.86. The first-order chi connectivity index (χ1) is 18.0. The van der Waals surface area contributed by atoms with E-state index in [1.54, 1.807) is 0 Å². The number of unbranched alkanes of at least 4 members (excludes halogenated alkanes) is 1. The van der Waals surface area contributed by atoms with E-state index in [1.807, 2.05) is 6.92 Å². The van der Waals surface area contributed by atoms with Gasteiger partial charge in [-0.05, 0) is 24.6 Å². The Morgan fingerprint density at radius 3 is 2.37 bits per heavy atom. The summed E-state index contributed by atoms with van der Waals surface area (Å²) in [6, 6.07) is 5.29. The third-order valence-electron chi connectivity index (χ3n) is 5.93. The number of fused-ring (bicyclic) bond motifs is 1. The summed E-state index contributed by atoms with van der Waals surface area (Å²) in [5.74, 6) is -4.28. The number of carbonyl (C=O) groups is 1. The predicted molar refractivity (Wildman–Crippen MR) is 128 cm³/mol. The van der Waals surface area contributed by atoms with E-state index in [1.165, 1.54) is 6.07 Å². The molecule has 7 N–H and O–H groups in total. The third kappa shape index (κ3) is 5.04. The number of phenols is 4. The van der Waals surface area contributed by atoms with E-state index >= 15 is 0 Å². The van der Waals surface area contributed by atoms with Crippen LogP contribution in [0.25, 0.3) is 22.3 Å². The van der Waals surface area contributed by atoms with Crippen molar-refractivity contribution >= 4 is 16.9 Å². The van der Waals surface area contributed by atoms with E-state index in [9.17, 15) is 45.3 Å². The van der Waals surface area contributed by atoms with E-state index in [4.69, 9.17) is 18.6 Å². The number of aliphatic hydroxyl groups excluding tert-OH is 3. The van der Waals surface area contributed by atoms with Crippen molar-refractivity contribution in [2.45, 2.75) is 50.5 Å². The highest BCUT2D eigenvalue weighted by Crippen LogP contribution is 2.39. The lowest BCUT2D eigenvalue weighted by Crippen LogP contribution is -2.61. The van der Waals surface area contributed by atoms with Crippen molar-refractivity contribution in [3.05, 3.63) is 40.6 Å². The Balaban J connectivity index is 1.80. The second kappa shape index (κ2) is 10.8. The van der Waals surface area contributed by atoms with Gasteiger partial charge >= 0.3 is 5.97 Å². The van der Waals surface area contributed by atoms with Crippen molar-refractivity contribution in [2.24, 2.45) is 0 Å². The molecule has 0 saturated carbocycles. The fourth-order valence-corrected chi connectivity index (χ4v) is 3.89. The molecule has 5 unspecified atom stereocenters. The van der Waals surface area contributed by atoms with Gasteiger partial charge in [-0.1, -0.05) is 13.3 Å². The minimum atomic E-state index is -1.96. The highest BCUT2D eigenvalue weighted by molar-refractivity contribution is 5.88. The van der Waals surface area contributed by atoms with Gasteiger partial charge in [-0.15, -0.1) is 0 Å². The Hall–Kier alpha value is -4.04. The minimum Gasteiger partial charge on any atom is -0.508 e. The maximum absolute atomic E-state index is 13.4. The van der Waals surface area contributed by atoms with E-state index in [2.05, 4.69) is 0 Å². The van der Waals surface area contributed by atoms with Crippen LogP contribution in [0.3, 0.4) is 0 Å². The topological polar surface area (TPSA) is 217 Å². The van der Waals surface area contributed by atoms with E-state index < -0.39 is 76.2 Å². The summed E-state index contributed by atoms with van der Waals surface area (Å²) in [6.07, 6.45) is -8.25. The Bertz CT molecular complexity index is 1400. The minimum absolute atomic E-state index is 0.0148. The lowest BCUT2D eigenvalue weighted by molar-refractivity contribution is -0.272. The summed E-state index contributed by atoms with van der Waals surface area (Å²) in [5, 5.41) is 70.5. The van der Waals surface area contributed by atoms with Crippen molar-refractivity contribution in [1.82, 2.24) is 0 Å². The van der Waals surface area contributed by atoms with Crippen LogP contribution in [0.1, 0.15) is 19.8 Å². The maximum atomic E-state index is 13.4. The SMILES string of the molecule is CCCCOC(=O)C1OC(Oc2c(-c3ccc(O)c(O)c3)oc3cc(O)cc(O)c3c2=O)C(O)C(O)C1O. The normalized spacial score (nSPS) is 23.3. The molecule has 1 aromatic heterocycles. The molecule has 0 spiro atoms. The molecule has 1 saturated heterocycles. The van der Waals surface area contributed by atoms with Crippen molar-refractivity contribution in [2.75, 3.05) is 6.61 Å². The molecular formula is C25H26O13. The zero-order chi connectivity index (χ0) is 27.7. The second-order valence-electron chi connectivity index (χ2n) is 8.67. The van der Waals surface area contributed by atoms with Crippen LogP contribution >= 0.6 is 0 Å². The molecule has 1 fully saturated rings. The van der Waals surface area contributed by atoms with E-state index in [0.717, 1.165) is 24.3 Å². The quantitative estimate of drug-likeness (QED) is 0.127. The summed E-state index contributed by atoms with van der Waals surface area (Å²) in [6.45, 7) is 1.88. The van der Waals surface area contributed by atoms with Crippen molar-refractivity contribution in [3.8, 4) is 40.1 Å². The molecule has 1 aliphatic heterocycles. The predicted octanol–water partition coefficient (Wildman–Crippen LogP) is 0.812. The van der Waals surface area contributed by atoms with Gasteiger partial charge in [0.1, 0.15) is 40.8 Å². The molecule has 1 aliphatic rings. The number of hydrogen-bond donors (Lipinski definition) is 7. The third-order valence-corrected chi connectivity index (χ3v) is 5.93. The molecule has 0 amide bonds. The fourth-order valence-electron chi connectivity index (χ4n) is 3.89. The highest BCUT2D eigenvalue weighted by atomic mass is 16.7. The number of ether oxygens (including phenoxy) is 3. The summed E-state index contributed by atoms with van der Waals surface area (Å²) < 4.78 is 21.7. The Morgan fingerprint density at radius 2 is 1.68 bits per heavy atom. The molecule has 0 radical (unpaired) electrons. The van der Waals surface area contributed by atoms with Crippen LogP contribution in [0.4, 0.5) is 0 Å². The summed E-state index contributed by atoms with van der Waals surface area (Å²) in [7, 11) is 0. The van der Waals surface area contributed by atoms with Crippen LogP contribution in [0.2, 0.25) is 0 Å². The standard InChI is InChI=1S/C25H26O13/c1-2-3-6-35-24(34)23-19(32)18(31)20(33)25(38-23)37-22-17(30)16-14(29)8-11(26)9-15(16)36-21(22)10-4-5-12(27)13(28)7-10/h4-5,7-9,18-20,23,25-29,31-33H,2-3,6H2,1H3. The molecule has 204 valence electrons. The number of aromatic hydroxyl groups is 4. The molecule has 13 nitrogen and oxygen atoms in total. The monoisotopic (exact) mass is 534 g/mol. The number of esters is 1. The number of aliphatic hydroxyl groups is 3. The Kier molecular flexibility index (Phi) is 7.64. The van der Waals surface area contributed by atoms with Gasteiger partial charge in [0.05, 0.1) is 6.61 Å². The summed E-state index contributed by atoms with van der Waals surface area (Å²) in [4.78, 5) is 25.9. The van der Waals surface area contributed by atoms with E-state index in [0.29, 0.717) is 12.8 Å². The first-order valence-electron chi connectivity index (χ1n) is 11.6. The molecule has 3 aromatic rings. The lowest BCUT2D eigenvalue weighted by Gasteiger charge is -2.39. The van der Waals surface area contributed by atoms with Crippen LogP contribution in [-0.4, -0.2) is 79.0 Å². The van der Waals surface area contributed by atoms with Gasteiger partial charge in [0, 0.05) is 17.7 Å². The van der Waals surface area contributed by atoms with Gasteiger partial charge in [-0.3, -0.25) is 4.79 Å². The van der Waals surface area contributed by atoms with Crippen LogP contribution in [-0.2, 0) is 14.3 Å². The van der Waals surface area contributed by atoms with Crippen LogP contribution in [0.5, 0.6) is 28.7 Å². The largest absolute Gasteiger partial charge is 0.508 e. The van der Waals surface area contributed by atoms with Gasteiger partial charge in [-0.2, -0.15) is 0 Å². The number of rotatable bonds is 7. The number of benzene rings is 2. The van der Waals surface area contributed by atoms with Crippen LogP contribution < -0.4 is 10.2 Å². The smallest absolute Gasteiger partial charge is 0.338 e. The van der Waals surface area contributed by atoms with Crippen LogP contribution in [0.15, 0.2) is 39.5 Å². The number of phenolic OH excluding ortho intramolecular Hbond substituents is 4. The molecule has 0 bridgehead atoms. The molecule has 5 atom stereocenters. The molecule has 13 heteroatoms. The molecule has 2 heterocycles. The Labute approximate surface area is 214 Å². The van der Waals surface area contributed by atoms with Gasteiger partial charge in [-0.25, -0.2) is 4.79 Å². The second-order valence-corrected chi connectivity index (χ2v) is 8.67. The number of carbonyl (C=O) groups excluding carboxylic acids is 1. The van der Waals surface area contributed by atoms with Gasteiger partial charge < -0.3 is 54.4 Å². The number of hydrogen-bond acceptors (Lipinski definition) is 13. The first kappa shape index (κ1) is 27.0. The van der Waals surface area contributed by atoms with Gasteiger partial charge in [0.2, 0.25) is 17.5 Å². The summed E-state index contributed by atoms with van der Waals surface area (Å²) >= 11 is 0. The molecule has 38 heavy (non-hydrogen) atoms. The fraction of sp³-hybridized carbons (Fsp3) is 0.360. The molecular weight excluding hydrogens is 508 g/mol. The molecule has 4 rings (SSSR count). The van der Waals surface area contributed by atoms with Gasteiger partial charge in [0.25, 0.3) is 0 Å². The maximum Gasteiger partial charge on any atom is 0.338 e. The Morgan fingerprint density at radius 1 is 0.947 bits per heavy atom. The zero-order valence-corrected chi connectivity index (χ0v) is 20.0. The van der Waals surface area contributed by atoms with Gasteiger partial charge in [0.15, 0.2) is 23.4 Å². The summed E-state index contributed by atoms with van der Waals surface area (Å²) in [5.41, 5.74) is -1.30. The van der Waals surface area contributed by atoms with Crippen molar-refractivity contribution in [1.29, 1.82) is 0 Å². The lowest BCUT2D eigenvalue weighted by atomic mass is 9.99. The van der Waals surface area contributed by atoms with Crippen molar-refractivity contribution in [3.63, 3.8) is 0 Å².